The van der Waals surface area contributed by atoms with Gasteiger partial charge in [0, 0.05) is 25.6 Å². The van der Waals surface area contributed by atoms with Gasteiger partial charge in [0.05, 0.1) is 36.5 Å². The van der Waals surface area contributed by atoms with E-state index in [-0.39, 0.29) is 29.7 Å². The van der Waals surface area contributed by atoms with Crippen LogP contribution in [0.2, 0.25) is 0 Å². The predicted molar refractivity (Wildman–Crippen MR) is 91.2 cm³/mol. The van der Waals surface area contributed by atoms with Gasteiger partial charge in [0.25, 0.3) is 5.56 Å². The minimum atomic E-state index is -0.375. The van der Waals surface area contributed by atoms with Gasteiger partial charge in [-0.1, -0.05) is 0 Å². The van der Waals surface area contributed by atoms with Crippen LogP contribution >= 0.6 is 0 Å². The van der Waals surface area contributed by atoms with E-state index in [1.54, 1.807) is 25.1 Å². The van der Waals surface area contributed by atoms with Crippen molar-refractivity contribution in [2.75, 3.05) is 25.0 Å². The van der Waals surface area contributed by atoms with Crippen LogP contribution in [0.5, 0.6) is 0 Å². The molecule has 0 radical (unpaired) electrons. The molecule has 1 aliphatic carbocycles. The number of amides is 1. The number of carbonyl (C=O) groups excluding carboxylic acids is 1. The van der Waals surface area contributed by atoms with Crippen molar-refractivity contribution < 1.29 is 9.53 Å². The molecule has 3 atom stereocenters. The molecule has 0 spiro atoms. The average Bonchev–Trinajstić information content (AvgIpc) is 3.25. The summed E-state index contributed by atoms with van der Waals surface area (Å²) in [5.41, 5.74) is 1.18. The number of hydrogen-bond donors (Lipinski definition) is 1. The fraction of sp³-hybridized carbons (Fsp3) is 0.647. The number of nitriles is 1. The molecule has 3 rings (SSSR count). The van der Waals surface area contributed by atoms with Gasteiger partial charge in [-0.3, -0.25) is 4.79 Å². The Morgan fingerprint density at radius 1 is 1.48 bits per heavy atom. The van der Waals surface area contributed by atoms with Crippen molar-refractivity contribution in [1.82, 2.24) is 15.1 Å². The lowest BCUT2D eigenvalue weighted by Gasteiger charge is -2.27. The average molecular weight is 345 g/mol. The molecule has 1 saturated carbocycles. The summed E-state index contributed by atoms with van der Waals surface area (Å²) in [4.78, 5) is 27.7. The summed E-state index contributed by atoms with van der Waals surface area (Å²) in [6.07, 6.45) is 4.38. The lowest BCUT2D eigenvalue weighted by atomic mass is 10.1. The van der Waals surface area contributed by atoms with E-state index in [9.17, 15) is 14.9 Å². The predicted octanol–water partition coefficient (Wildman–Crippen LogP) is 1.42. The minimum Gasteiger partial charge on any atom is -0.444 e. The third kappa shape index (κ3) is 3.45. The number of aromatic amines is 1. The first-order valence-corrected chi connectivity index (χ1v) is 8.63. The zero-order valence-corrected chi connectivity index (χ0v) is 14.6. The van der Waals surface area contributed by atoms with Gasteiger partial charge < -0.3 is 14.5 Å². The molecule has 1 aromatic heterocycles. The maximum Gasteiger partial charge on any atom is 0.410 e. The second kappa shape index (κ2) is 7.13. The van der Waals surface area contributed by atoms with E-state index in [0.717, 1.165) is 24.9 Å². The number of hydrogen-bond acceptors (Lipinski definition) is 6. The number of carbonyl (C=O) groups is 1. The topological polar surface area (TPSA) is 102 Å². The van der Waals surface area contributed by atoms with E-state index in [0.29, 0.717) is 25.1 Å². The maximum atomic E-state index is 12.4. The normalized spacial score (nSPS) is 25.6. The second-order valence-corrected chi connectivity index (χ2v) is 6.79. The van der Waals surface area contributed by atoms with Crippen molar-refractivity contribution >= 4 is 11.8 Å². The van der Waals surface area contributed by atoms with E-state index in [4.69, 9.17) is 4.74 Å². The van der Waals surface area contributed by atoms with Crippen LogP contribution in [0, 0.1) is 24.2 Å². The third-order valence-corrected chi connectivity index (χ3v) is 5.26. The van der Waals surface area contributed by atoms with Gasteiger partial charge in [0.15, 0.2) is 0 Å². The van der Waals surface area contributed by atoms with Crippen LogP contribution in [0.1, 0.15) is 31.2 Å². The van der Waals surface area contributed by atoms with Gasteiger partial charge in [-0.15, -0.1) is 0 Å². The number of aromatic nitrogens is 2. The van der Waals surface area contributed by atoms with Crippen LogP contribution in [-0.2, 0) is 4.74 Å². The number of anilines is 1. The molecule has 25 heavy (non-hydrogen) atoms. The Morgan fingerprint density at radius 3 is 3.04 bits per heavy atom. The Hall–Kier alpha value is -2.56. The number of ether oxygens (including phenoxy) is 1. The lowest BCUT2D eigenvalue weighted by molar-refractivity contribution is 0.0642. The van der Waals surface area contributed by atoms with Crippen molar-refractivity contribution in [2.45, 2.75) is 44.8 Å². The number of nitrogens with one attached hydrogen (secondary N) is 1. The largest absolute Gasteiger partial charge is 0.444 e. The molecular formula is C17H23N5O3. The molecule has 8 nitrogen and oxygen atoms in total. The van der Waals surface area contributed by atoms with Gasteiger partial charge >= 0.3 is 6.09 Å². The SMILES string of the molecule is Cc1c(N2CCC(OC(=O)N(C)C3CCCC3C#N)C2)cn[nH]c1=O. The number of nitrogens with zero attached hydrogens (tertiary/aromatic N) is 4. The second-order valence-electron chi connectivity index (χ2n) is 6.79. The van der Waals surface area contributed by atoms with Crippen LogP contribution < -0.4 is 10.5 Å². The highest BCUT2D eigenvalue weighted by molar-refractivity contribution is 5.68. The summed E-state index contributed by atoms with van der Waals surface area (Å²) < 4.78 is 5.63. The Kier molecular flexibility index (Phi) is 4.93. The van der Waals surface area contributed by atoms with Gasteiger partial charge in [0.2, 0.25) is 0 Å². The van der Waals surface area contributed by atoms with Crippen molar-refractivity contribution in [2.24, 2.45) is 5.92 Å². The fourth-order valence-corrected chi connectivity index (χ4v) is 3.73. The Bertz CT molecular complexity index is 741. The summed E-state index contributed by atoms with van der Waals surface area (Å²) in [5, 5.41) is 15.5. The molecule has 134 valence electrons. The quantitative estimate of drug-likeness (QED) is 0.889. The molecule has 2 heterocycles. The smallest absolute Gasteiger partial charge is 0.410 e. The van der Waals surface area contributed by atoms with Gasteiger partial charge in [-0.2, -0.15) is 10.4 Å². The maximum absolute atomic E-state index is 12.4. The molecule has 8 heteroatoms. The first-order valence-electron chi connectivity index (χ1n) is 8.63. The van der Waals surface area contributed by atoms with Gasteiger partial charge in [-0.25, -0.2) is 9.89 Å². The van der Waals surface area contributed by atoms with Gasteiger partial charge in [0.1, 0.15) is 6.10 Å². The molecule has 3 unspecified atom stereocenters. The van der Waals surface area contributed by atoms with Crippen molar-refractivity contribution in [3.8, 4) is 6.07 Å². The zero-order chi connectivity index (χ0) is 18.0. The van der Waals surface area contributed by atoms with E-state index in [1.807, 2.05) is 4.90 Å². The van der Waals surface area contributed by atoms with Crippen molar-refractivity contribution in [3.63, 3.8) is 0 Å². The van der Waals surface area contributed by atoms with Crippen molar-refractivity contribution in [1.29, 1.82) is 5.26 Å². The molecule has 2 aliphatic rings. The number of rotatable bonds is 3. The molecule has 1 N–H and O–H groups in total. The molecule has 0 bridgehead atoms. The van der Waals surface area contributed by atoms with Crippen LogP contribution in [-0.4, -0.2) is 53.5 Å². The summed E-state index contributed by atoms with van der Waals surface area (Å²) in [6, 6.07) is 2.23. The molecule has 1 aliphatic heterocycles. The first-order chi connectivity index (χ1) is 12.0. The Balaban J connectivity index is 1.59. The highest BCUT2D eigenvalue weighted by atomic mass is 16.6. The van der Waals surface area contributed by atoms with Crippen molar-refractivity contribution in [3.05, 3.63) is 22.1 Å². The third-order valence-electron chi connectivity index (χ3n) is 5.26. The molecule has 1 saturated heterocycles. The standard InChI is InChI=1S/C17H23N5O3/c1-11-15(9-19-20-16(11)23)22-7-6-13(10-22)25-17(24)21(2)14-5-3-4-12(14)8-18/h9,12-14H,3-7,10H2,1-2H3,(H,20,23). The fourth-order valence-electron chi connectivity index (χ4n) is 3.73. The minimum absolute atomic E-state index is 0.0610. The van der Waals surface area contributed by atoms with Crippen LogP contribution in [0.3, 0.4) is 0 Å². The molecule has 1 amide bonds. The first kappa shape index (κ1) is 17.3. The monoisotopic (exact) mass is 345 g/mol. The Labute approximate surface area is 146 Å². The van der Waals surface area contributed by atoms with Crippen LogP contribution in [0.25, 0.3) is 0 Å². The number of H-pyrrole nitrogens is 1. The van der Waals surface area contributed by atoms with E-state index in [2.05, 4.69) is 16.3 Å². The highest BCUT2D eigenvalue weighted by Gasteiger charge is 2.35. The molecule has 0 aromatic carbocycles. The van der Waals surface area contributed by atoms with E-state index < -0.39 is 0 Å². The van der Waals surface area contributed by atoms with Gasteiger partial charge in [-0.05, 0) is 26.2 Å². The van der Waals surface area contributed by atoms with E-state index >= 15 is 0 Å². The summed E-state index contributed by atoms with van der Waals surface area (Å²) in [5.74, 6) is -0.109. The lowest BCUT2D eigenvalue weighted by Crippen LogP contribution is -2.41. The summed E-state index contributed by atoms with van der Waals surface area (Å²) in [6.45, 7) is 3.00. The summed E-state index contributed by atoms with van der Waals surface area (Å²) in [7, 11) is 1.71. The Morgan fingerprint density at radius 2 is 2.28 bits per heavy atom. The zero-order valence-electron chi connectivity index (χ0n) is 14.6. The molecular weight excluding hydrogens is 322 g/mol. The summed E-state index contributed by atoms with van der Waals surface area (Å²) >= 11 is 0. The molecule has 2 fully saturated rings. The van der Waals surface area contributed by atoms with E-state index in [1.165, 1.54) is 0 Å². The molecule has 1 aromatic rings. The van der Waals surface area contributed by atoms with Crippen LogP contribution in [0.15, 0.2) is 11.0 Å². The van der Waals surface area contributed by atoms with Crippen LogP contribution in [0.4, 0.5) is 10.5 Å². The highest BCUT2D eigenvalue weighted by Crippen LogP contribution is 2.29.